The van der Waals surface area contributed by atoms with Crippen LogP contribution < -0.4 is 4.74 Å². The minimum Gasteiger partial charge on any atom is -0.497 e. The van der Waals surface area contributed by atoms with E-state index in [9.17, 15) is 5.26 Å². The second-order valence-electron chi connectivity index (χ2n) is 9.28. The highest BCUT2D eigenvalue weighted by atomic mass is 16.5. The van der Waals surface area contributed by atoms with Crippen LogP contribution in [-0.2, 0) is 0 Å². The number of aromatic nitrogens is 2. The van der Waals surface area contributed by atoms with Gasteiger partial charge in [-0.3, -0.25) is 4.90 Å². The minimum absolute atomic E-state index is 0.188. The van der Waals surface area contributed by atoms with E-state index in [1.54, 1.807) is 7.11 Å². The number of benzene rings is 2. The largest absolute Gasteiger partial charge is 0.497 e. The van der Waals surface area contributed by atoms with Crippen molar-refractivity contribution in [2.45, 2.75) is 19.4 Å². The first kappa shape index (κ1) is 23.1. The van der Waals surface area contributed by atoms with E-state index in [-0.39, 0.29) is 6.04 Å². The maximum absolute atomic E-state index is 9.26. The number of rotatable bonds is 5. The number of methoxy groups -OCH3 is 1. The van der Waals surface area contributed by atoms with E-state index in [0.717, 1.165) is 66.4 Å². The summed E-state index contributed by atoms with van der Waals surface area (Å²) in [6.45, 7) is 6.56. The molecule has 0 bridgehead atoms. The average molecular weight is 466 g/mol. The van der Waals surface area contributed by atoms with Crippen LogP contribution in [0.4, 0.5) is 0 Å². The van der Waals surface area contributed by atoms with Gasteiger partial charge >= 0.3 is 0 Å². The van der Waals surface area contributed by atoms with Gasteiger partial charge < -0.3 is 14.0 Å². The third-order valence-electron chi connectivity index (χ3n) is 7.06. The van der Waals surface area contributed by atoms with Crippen LogP contribution in [0.5, 0.6) is 5.75 Å². The van der Waals surface area contributed by atoms with Crippen molar-refractivity contribution in [1.29, 1.82) is 5.26 Å². The molecular formula is C29H31N5O. The van der Waals surface area contributed by atoms with E-state index in [2.05, 4.69) is 64.7 Å². The highest BCUT2D eigenvalue weighted by molar-refractivity contribution is 5.71. The lowest BCUT2D eigenvalue weighted by molar-refractivity contribution is 0.213. The molecule has 4 aromatic rings. The van der Waals surface area contributed by atoms with Crippen molar-refractivity contribution >= 4 is 5.65 Å². The van der Waals surface area contributed by atoms with Crippen molar-refractivity contribution in [3.8, 4) is 34.2 Å². The Kier molecular flexibility index (Phi) is 6.54. The molecule has 5 rings (SSSR count). The van der Waals surface area contributed by atoms with Crippen molar-refractivity contribution in [2.24, 2.45) is 0 Å². The second kappa shape index (κ2) is 9.91. The topological polar surface area (TPSA) is 56.8 Å². The van der Waals surface area contributed by atoms with Crippen molar-refractivity contribution in [3.63, 3.8) is 0 Å². The number of ether oxygens (including phenoxy) is 1. The smallest absolute Gasteiger partial charge is 0.137 e. The average Bonchev–Trinajstić information content (AvgIpc) is 3.15. The monoisotopic (exact) mass is 465 g/mol. The van der Waals surface area contributed by atoms with Crippen LogP contribution in [0.1, 0.15) is 30.6 Å². The lowest BCUT2D eigenvalue weighted by atomic mass is 10.0. The van der Waals surface area contributed by atoms with Gasteiger partial charge in [0, 0.05) is 37.4 Å². The summed E-state index contributed by atoms with van der Waals surface area (Å²) in [6.07, 6.45) is 3.36. The van der Waals surface area contributed by atoms with Crippen LogP contribution in [0.3, 0.4) is 0 Å². The molecule has 1 fully saturated rings. The molecule has 1 unspecified atom stereocenters. The molecule has 1 aliphatic heterocycles. The lowest BCUT2D eigenvalue weighted by Gasteiger charge is -2.28. The Balaban J connectivity index is 1.63. The number of pyridine rings is 1. The molecule has 0 saturated carbocycles. The summed E-state index contributed by atoms with van der Waals surface area (Å²) in [5.41, 5.74) is 7.05. The van der Waals surface area contributed by atoms with Crippen molar-refractivity contribution in [3.05, 3.63) is 78.1 Å². The number of imidazole rings is 1. The van der Waals surface area contributed by atoms with E-state index < -0.39 is 0 Å². The number of nitrogens with zero attached hydrogens (tertiary/aromatic N) is 5. The van der Waals surface area contributed by atoms with Gasteiger partial charge in [-0.1, -0.05) is 24.3 Å². The molecule has 3 heterocycles. The van der Waals surface area contributed by atoms with Crippen LogP contribution >= 0.6 is 0 Å². The SMILES string of the molecule is COc1ccc(-c2ccc3nc(-c4ccc(C#N)cc4)c(C(C)N4CCCN(C)CC4)n3c2)cc1. The number of fused-ring (bicyclic) bond motifs is 1. The van der Waals surface area contributed by atoms with Crippen LogP contribution in [0, 0.1) is 11.3 Å². The third-order valence-corrected chi connectivity index (χ3v) is 7.06. The maximum Gasteiger partial charge on any atom is 0.137 e. The van der Waals surface area contributed by atoms with Crippen molar-refractivity contribution < 1.29 is 4.74 Å². The molecule has 2 aromatic carbocycles. The molecule has 0 aliphatic carbocycles. The molecule has 0 amide bonds. The molecule has 6 nitrogen and oxygen atoms in total. The number of hydrogen-bond donors (Lipinski definition) is 0. The summed E-state index contributed by atoms with van der Waals surface area (Å²) in [7, 11) is 3.89. The number of likely N-dealkylation sites (N-methyl/N-ethyl adjacent to an activating group) is 1. The summed E-state index contributed by atoms with van der Waals surface area (Å²) in [5.74, 6) is 0.848. The predicted molar refractivity (Wildman–Crippen MR) is 139 cm³/mol. The van der Waals surface area contributed by atoms with Gasteiger partial charge in [-0.25, -0.2) is 4.98 Å². The number of nitriles is 1. The fourth-order valence-corrected chi connectivity index (χ4v) is 4.96. The molecule has 1 atom stereocenters. The molecular weight excluding hydrogens is 434 g/mol. The summed E-state index contributed by atoms with van der Waals surface area (Å²) < 4.78 is 7.59. The fourth-order valence-electron chi connectivity index (χ4n) is 4.96. The maximum atomic E-state index is 9.26. The summed E-state index contributed by atoms with van der Waals surface area (Å²) in [5, 5.41) is 9.26. The quantitative estimate of drug-likeness (QED) is 0.403. The molecule has 0 N–H and O–H groups in total. The fraction of sp³-hybridized carbons (Fsp3) is 0.310. The third kappa shape index (κ3) is 4.66. The van der Waals surface area contributed by atoms with Gasteiger partial charge in [0.05, 0.1) is 30.1 Å². The summed E-state index contributed by atoms with van der Waals surface area (Å²) in [6, 6.07) is 22.6. The molecule has 35 heavy (non-hydrogen) atoms. The highest BCUT2D eigenvalue weighted by Gasteiger charge is 2.26. The van der Waals surface area contributed by atoms with Crippen molar-refractivity contribution in [2.75, 3.05) is 40.3 Å². The normalized spacial score (nSPS) is 16.1. The zero-order chi connectivity index (χ0) is 24.4. The molecule has 178 valence electrons. The standard InChI is InChI=1S/C29H31N5O/c1-21(33-16-4-15-32(2)17-18-33)29-28(24-7-5-22(19-30)6-8-24)31-27-14-11-25(20-34(27)29)23-9-12-26(35-3)13-10-23/h5-14,20-21H,4,15-18H2,1-3H3. The van der Waals surface area contributed by atoms with Gasteiger partial charge in [0.1, 0.15) is 11.4 Å². The Morgan fingerprint density at radius 2 is 1.60 bits per heavy atom. The Bertz CT molecular complexity index is 1350. The van der Waals surface area contributed by atoms with E-state index in [1.165, 1.54) is 5.69 Å². The second-order valence-corrected chi connectivity index (χ2v) is 9.28. The molecule has 1 aliphatic rings. The first-order chi connectivity index (χ1) is 17.1. The molecule has 6 heteroatoms. The summed E-state index contributed by atoms with van der Waals surface area (Å²) in [4.78, 5) is 10.1. The molecule has 2 aromatic heterocycles. The minimum atomic E-state index is 0.188. The highest BCUT2D eigenvalue weighted by Crippen LogP contribution is 2.34. The van der Waals surface area contributed by atoms with E-state index >= 15 is 0 Å². The first-order valence-corrected chi connectivity index (χ1v) is 12.2. The Morgan fingerprint density at radius 1 is 0.886 bits per heavy atom. The van der Waals surface area contributed by atoms with Gasteiger partial charge in [0.2, 0.25) is 0 Å². The molecule has 0 radical (unpaired) electrons. The van der Waals surface area contributed by atoms with Gasteiger partial charge in [0.25, 0.3) is 0 Å². The number of hydrogen-bond acceptors (Lipinski definition) is 5. The Morgan fingerprint density at radius 3 is 2.31 bits per heavy atom. The van der Waals surface area contributed by atoms with Gasteiger partial charge in [0.15, 0.2) is 0 Å². The Labute approximate surface area is 207 Å². The van der Waals surface area contributed by atoms with Gasteiger partial charge in [-0.05, 0) is 74.5 Å². The molecule has 0 spiro atoms. The van der Waals surface area contributed by atoms with Crippen molar-refractivity contribution in [1.82, 2.24) is 19.2 Å². The first-order valence-electron chi connectivity index (χ1n) is 12.2. The Hall–Kier alpha value is -3.66. The lowest BCUT2D eigenvalue weighted by Crippen LogP contribution is -2.32. The van der Waals surface area contributed by atoms with Crippen LogP contribution in [0.25, 0.3) is 28.0 Å². The van der Waals surface area contributed by atoms with E-state index in [0.29, 0.717) is 5.56 Å². The van der Waals surface area contributed by atoms with Gasteiger partial charge in [-0.15, -0.1) is 0 Å². The zero-order valence-electron chi connectivity index (χ0n) is 20.6. The molecule has 1 saturated heterocycles. The van der Waals surface area contributed by atoms with E-state index in [1.807, 2.05) is 36.4 Å². The van der Waals surface area contributed by atoms with Crippen LogP contribution in [-0.4, -0.2) is 59.5 Å². The van der Waals surface area contributed by atoms with Gasteiger partial charge in [-0.2, -0.15) is 5.26 Å². The zero-order valence-corrected chi connectivity index (χ0v) is 20.6. The van der Waals surface area contributed by atoms with Crippen LogP contribution in [0.2, 0.25) is 0 Å². The summed E-state index contributed by atoms with van der Waals surface area (Å²) >= 11 is 0. The predicted octanol–water partition coefficient (Wildman–Crippen LogP) is 5.25. The van der Waals surface area contributed by atoms with E-state index in [4.69, 9.17) is 9.72 Å². The van der Waals surface area contributed by atoms with Crippen LogP contribution in [0.15, 0.2) is 66.9 Å².